The SMILES string of the molecule is N#Cc1ccc(CNc2ccc(N)nn2)cc1. The van der Waals surface area contributed by atoms with Gasteiger partial charge in [0.25, 0.3) is 0 Å². The number of nitriles is 1. The molecular weight excluding hydrogens is 214 g/mol. The van der Waals surface area contributed by atoms with Crippen LogP contribution in [0.5, 0.6) is 0 Å². The third kappa shape index (κ3) is 2.92. The Hall–Kier alpha value is -2.61. The average molecular weight is 225 g/mol. The zero-order valence-electron chi connectivity index (χ0n) is 9.09. The van der Waals surface area contributed by atoms with Gasteiger partial charge in [0.1, 0.15) is 11.6 Å². The zero-order valence-corrected chi connectivity index (χ0v) is 9.09. The summed E-state index contributed by atoms with van der Waals surface area (Å²) in [6, 6.07) is 12.9. The Labute approximate surface area is 98.9 Å². The minimum Gasteiger partial charge on any atom is -0.382 e. The van der Waals surface area contributed by atoms with Gasteiger partial charge in [0, 0.05) is 6.54 Å². The molecule has 2 aromatic rings. The Morgan fingerprint density at radius 1 is 1.12 bits per heavy atom. The van der Waals surface area contributed by atoms with Crippen LogP contribution in [-0.2, 0) is 6.54 Å². The second-order valence-corrected chi connectivity index (χ2v) is 3.51. The Morgan fingerprint density at radius 3 is 2.47 bits per heavy atom. The summed E-state index contributed by atoms with van der Waals surface area (Å²) in [7, 11) is 0. The molecule has 1 aromatic heterocycles. The lowest BCUT2D eigenvalue weighted by Gasteiger charge is -2.04. The Kier molecular flexibility index (Phi) is 3.17. The first-order valence-corrected chi connectivity index (χ1v) is 5.10. The smallest absolute Gasteiger partial charge is 0.149 e. The number of nitrogens with zero attached hydrogens (tertiary/aromatic N) is 3. The molecule has 0 atom stereocenters. The van der Waals surface area contributed by atoms with Crippen molar-refractivity contribution in [2.24, 2.45) is 0 Å². The third-order valence-electron chi connectivity index (χ3n) is 2.24. The number of nitrogens with one attached hydrogen (secondary N) is 1. The van der Waals surface area contributed by atoms with Gasteiger partial charge in [-0.15, -0.1) is 10.2 Å². The van der Waals surface area contributed by atoms with E-state index in [1.165, 1.54) is 0 Å². The van der Waals surface area contributed by atoms with Crippen LogP contribution in [0, 0.1) is 11.3 Å². The van der Waals surface area contributed by atoms with E-state index in [4.69, 9.17) is 11.0 Å². The van der Waals surface area contributed by atoms with Crippen molar-refractivity contribution in [2.75, 3.05) is 11.1 Å². The molecule has 1 heterocycles. The maximum Gasteiger partial charge on any atom is 0.149 e. The van der Waals surface area contributed by atoms with Crippen molar-refractivity contribution in [2.45, 2.75) is 6.54 Å². The summed E-state index contributed by atoms with van der Waals surface area (Å²) >= 11 is 0. The van der Waals surface area contributed by atoms with Gasteiger partial charge >= 0.3 is 0 Å². The topological polar surface area (TPSA) is 87.6 Å². The van der Waals surface area contributed by atoms with E-state index in [0.29, 0.717) is 23.7 Å². The lowest BCUT2D eigenvalue weighted by Crippen LogP contribution is -2.03. The van der Waals surface area contributed by atoms with Gasteiger partial charge in [-0.25, -0.2) is 0 Å². The number of anilines is 2. The van der Waals surface area contributed by atoms with E-state index < -0.39 is 0 Å². The van der Waals surface area contributed by atoms with E-state index in [1.807, 2.05) is 12.1 Å². The van der Waals surface area contributed by atoms with Gasteiger partial charge in [-0.1, -0.05) is 12.1 Å². The fraction of sp³-hybridized carbons (Fsp3) is 0.0833. The van der Waals surface area contributed by atoms with Crippen LogP contribution in [0.3, 0.4) is 0 Å². The average Bonchev–Trinajstić information content (AvgIpc) is 2.39. The van der Waals surface area contributed by atoms with Crippen LogP contribution in [0.2, 0.25) is 0 Å². The minimum absolute atomic E-state index is 0.397. The second-order valence-electron chi connectivity index (χ2n) is 3.51. The van der Waals surface area contributed by atoms with Crippen LogP contribution in [0.4, 0.5) is 11.6 Å². The molecule has 0 saturated heterocycles. The minimum atomic E-state index is 0.397. The van der Waals surface area contributed by atoms with Crippen molar-refractivity contribution in [1.82, 2.24) is 10.2 Å². The van der Waals surface area contributed by atoms with Crippen LogP contribution < -0.4 is 11.1 Å². The van der Waals surface area contributed by atoms with Crippen LogP contribution in [0.1, 0.15) is 11.1 Å². The molecule has 0 aliphatic rings. The zero-order chi connectivity index (χ0) is 12.1. The van der Waals surface area contributed by atoms with Crippen LogP contribution >= 0.6 is 0 Å². The molecule has 0 fully saturated rings. The van der Waals surface area contributed by atoms with E-state index in [0.717, 1.165) is 5.56 Å². The van der Waals surface area contributed by atoms with Gasteiger partial charge in [0.2, 0.25) is 0 Å². The van der Waals surface area contributed by atoms with Crippen LogP contribution in [-0.4, -0.2) is 10.2 Å². The quantitative estimate of drug-likeness (QED) is 0.827. The first kappa shape index (κ1) is 10.9. The van der Waals surface area contributed by atoms with Crippen molar-refractivity contribution in [3.8, 4) is 6.07 Å². The summed E-state index contributed by atoms with van der Waals surface area (Å²) in [4.78, 5) is 0. The maximum absolute atomic E-state index is 8.67. The second kappa shape index (κ2) is 4.94. The van der Waals surface area contributed by atoms with E-state index in [9.17, 15) is 0 Å². The lowest BCUT2D eigenvalue weighted by molar-refractivity contribution is 1.01. The highest BCUT2D eigenvalue weighted by Gasteiger charge is 1.96. The number of hydrogen-bond acceptors (Lipinski definition) is 5. The Morgan fingerprint density at radius 2 is 1.88 bits per heavy atom. The van der Waals surface area contributed by atoms with Gasteiger partial charge in [0.05, 0.1) is 11.6 Å². The number of aromatic nitrogens is 2. The molecule has 3 N–H and O–H groups in total. The van der Waals surface area contributed by atoms with Crippen LogP contribution in [0.25, 0.3) is 0 Å². The molecule has 0 aliphatic heterocycles. The Bertz CT molecular complexity index is 524. The summed E-state index contributed by atoms with van der Waals surface area (Å²) < 4.78 is 0. The molecule has 2 rings (SSSR count). The first-order chi connectivity index (χ1) is 8.28. The molecule has 0 spiro atoms. The highest BCUT2D eigenvalue weighted by Crippen LogP contribution is 2.07. The van der Waals surface area contributed by atoms with E-state index in [1.54, 1.807) is 24.3 Å². The molecule has 0 amide bonds. The molecule has 1 aromatic carbocycles. The summed E-state index contributed by atoms with van der Waals surface area (Å²) in [5.41, 5.74) is 7.16. The molecule has 0 saturated carbocycles. The lowest BCUT2D eigenvalue weighted by atomic mass is 10.1. The Balaban J connectivity index is 1.98. The van der Waals surface area contributed by atoms with Crippen molar-refractivity contribution >= 4 is 11.6 Å². The fourth-order valence-electron chi connectivity index (χ4n) is 1.33. The highest BCUT2D eigenvalue weighted by atomic mass is 15.2. The molecule has 0 bridgehead atoms. The van der Waals surface area contributed by atoms with Gasteiger partial charge in [0.15, 0.2) is 0 Å². The number of rotatable bonds is 3. The molecule has 0 unspecified atom stereocenters. The summed E-state index contributed by atoms with van der Waals surface area (Å²) in [5.74, 6) is 1.07. The van der Waals surface area contributed by atoms with Crippen molar-refractivity contribution in [3.05, 3.63) is 47.5 Å². The van der Waals surface area contributed by atoms with Crippen molar-refractivity contribution in [3.63, 3.8) is 0 Å². The monoisotopic (exact) mass is 225 g/mol. The van der Waals surface area contributed by atoms with Gasteiger partial charge in [-0.05, 0) is 29.8 Å². The molecule has 0 radical (unpaired) electrons. The molecule has 5 nitrogen and oxygen atoms in total. The van der Waals surface area contributed by atoms with Crippen LogP contribution in [0.15, 0.2) is 36.4 Å². The standard InChI is InChI=1S/C12H11N5/c13-7-9-1-3-10(4-2-9)8-15-12-6-5-11(14)16-17-12/h1-6H,8H2,(H2,14,16)(H,15,17). The summed E-state index contributed by atoms with van der Waals surface area (Å²) in [5, 5.41) is 19.4. The number of benzene rings is 1. The van der Waals surface area contributed by atoms with Crippen molar-refractivity contribution in [1.29, 1.82) is 5.26 Å². The fourth-order valence-corrected chi connectivity index (χ4v) is 1.33. The maximum atomic E-state index is 8.67. The van der Waals surface area contributed by atoms with Gasteiger partial charge in [-0.2, -0.15) is 5.26 Å². The molecular formula is C12H11N5. The number of nitrogens with two attached hydrogens (primary N) is 1. The largest absolute Gasteiger partial charge is 0.382 e. The predicted molar refractivity (Wildman–Crippen MR) is 64.9 cm³/mol. The van der Waals surface area contributed by atoms with Gasteiger partial charge in [-0.3, -0.25) is 0 Å². The third-order valence-corrected chi connectivity index (χ3v) is 2.24. The molecule has 5 heteroatoms. The summed E-state index contributed by atoms with van der Waals surface area (Å²) in [6.45, 7) is 0.629. The summed E-state index contributed by atoms with van der Waals surface area (Å²) in [6.07, 6.45) is 0. The molecule has 0 aliphatic carbocycles. The van der Waals surface area contributed by atoms with Gasteiger partial charge < -0.3 is 11.1 Å². The van der Waals surface area contributed by atoms with E-state index >= 15 is 0 Å². The number of hydrogen-bond donors (Lipinski definition) is 2. The highest BCUT2D eigenvalue weighted by molar-refractivity contribution is 5.39. The van der Waals surface area contributed by atoms with Crippen molar-refractivity contribution < 1.29 is 0 Å². The molecule has 84 valence electrons. The predicted octanol–water partition coefficient (Wildman–Crippen LogP) is 1.54. The van der Waals surface area contributed by atoms with E-state index in [-0.39, 0.29) is 0 Å². The first-order valence-electron chi connectivity index (χ1n) is 5.10. The van der Waals surface area contributed by atoms with E-state index in [2.05, 4.69) is 21.6 Å². The normalized spacial score (nSPS) is 9.59. The number of nitrogen functional groups attached to an aromatic ring is 1. The molecule has 17 heavy (non-hydrogen) atoms.